The number of oxazole rings is 1. The van der Waals surface area contributed by atoms with Crippen LogP contribution in [0, 0.1) is 5.92 Å². The molecule has 0 amide bonds. The predicted molar refractivity (Wildman–Crippen MR) is 115 cm³/mol. The van der Waals surface area contributed by atoms with Crippen LogP contribution in [0.2, 0.25) is 0 Å². The normalized spacial score (nSPS) is 17.4. The van der Waals surface area contributed by atoms with Crippen molar-refractivity contribution in [2.75, 3.05) is 11.5 Å². The Morgan fingerprint density at radius 1 is 1.12 bits per heavy atom. The molecule has 3 rings (SSSR count). The fourth-order valence-corrected chi connectivity index (χ4v) is 3.89. The summed E-state index contributed by atoms with van der Waals surface area (Å²) < 4.78 is 91.8. The summed E-state index contributed by atoms with van der Waals surface area (Å²) in [7, 11) is 0. The first-order valence-electron chi connectivity index (χ1n) is 9.80. The molecule has 1 aromatic carbocycles. The van der Waals surface area contributed by atoms with E-state index in [9.17, 15) is 26.3 Å². The summed E-state index contributed by atoms with van der Waals surface area (Å²) in [5, 5.41) is 0.157. The Hall–Kier alpha value is -3.43. The molecule has 0 fully saturated rings. The average Bonchev–Trinajstić information content (AvgIpc) is 3.13. The predicted octanol–water partition coefficient (Wildman–Crippen LogP) is 4.63. The van der Waals surface area contributed by atoms with Crippen LogP contribution in [0.3, 0.4) is 0 Å². The Bertz CT molecular complexity index is 1220. The molecule has 1 unspecified atom stereocenters. The van der Waals surface area contributed by atoms with E-state index in [4.69, 9.17) is 15.9 Å². The quantitative estimate of drug-likeness (QED) is 0.380. The first kappa shape index (κ1) is 24.2. The molecule has 0 saturated carbocycles. The second-order valence-electron chi connectivity index (χ2n) is 7.48. The minimum Gasteiger partial charge on any atom is -0.436 e. The average molecular weight is 469 g/mol. The largest absolute Gasteiger partial charge is 0.436 e. The Kier molecular flexibility index (Phi) is 6.23. The van der Waals surface area contributed by atoms with Crippen molar-refractivity contribution in [3.63, 3.8) is 0 Å². The molecule has 0 spiro atoms. The van der Waals surface area contributed by atoms with E-state index in [1.54, 1.807) is 25.2 Å². The zero-order chi connectivity index (χ0) is 24.6. The van der Waals surface area contributed by atoms with Crippen molar-refractivity contribution in [3.8, 4) is 0 Å². The number of nitrogens with zero attached hydrogens (tertiary/aromatic N) is 1. The maximum Gasteiger partial charge on any atom is 0.407 e. The molecule has 0 saturated heterocycles. The van der Waals surface area contributed by atoms with Crippen LogP contribution in [-0.4, -0.2) is 17.3 Å². The highest BCUT2D eigenvalue weighted by Crippen LogP contribution is 2.58. The van der Waals surface area contributed by atoms with E-state index in [0.717, 1.165) is 12.1 Å². The SMILES string of the molecule is C=C/C(=C\C=C/C)c1nc2c(o1)=CC(C(c1ccc(N)c(N)c1)(C(F)(F)F)C(F)(F)F)CC=2. The number of hydrogen-bond donors (Lipinski definition) is 2. The Labute approximate surface area is 185 Å². The molecule has 10 heteroatoms. The minimum atomic E-state index is -5.71. The van der Waals surface area contributed by atoms with Gasteiger partial charge >= 0.3 is 12.4 Å². The summed E-state index contributed by atoms with van der Waals surface area (Å²) >= 11 is 0. The molecular weight excluding hydrogens is 448 g/mol. The van der Waals surface area contributed by atoms with Gasteiger partial charge in [-0.3, -0.25) is 0 Å². The fraction of sp³-hybridized carbons (Fsp3) is 0.261. The van der Waals surface area contributed by atoms with E-state index >= 15 is 0 Å². The van der Waals surface area contributed by atoms with E-state index in [0.29, 0.717) is 17.7 Å². The van der Waals surface area contributed by atoms with Crippen molar-refractivity contribution < 1.29 is 30.8 Å². The smallest absolute Gasteiger partial charge is 0.407 e. The number of hydrogen-bond acceptors (Lipinski definition) is 4. The standard InChI is InChI=1S/C23H21F6N3O/c1-3-5-6-13(4-2)20-32-18-10-8-15(12-19(18)33-20)21(22(24,25)26,23(27,28)29)14-7-9-16(30)17(31)11-14/h3-7,9-12,15H,2,8,30-31H2,1H3/b5-3-,13-6+. The van der Waals surface area contributed by atoms with Crippen molar-refractivity contribution in [1.82, 2.24) is 4.98 Å². The Morgan fingerprint density at radius 3 is 2.33 bits per heavy atom. The van der Waals surface area contributed by atoms with E-state index in [2.05, 4.69) is 11.6 Å². The van der Waals surface area contributed by atoms with Gasteiger partial charge in [0.25, 0.3) is 0 Å². The third-order valence-electron chi connectivity index (χ3n) is 5.53. The Balaban J connectivity index is 2.27. The summed E-state index contributed by atoms with van der Waals surface area (Å²) in [5.74, 6) is -2.04. The topological polar surface area (TPSA) is 78.1 Å². The first-order chi connectivity index (χ1) is 15.4. The van der Waals surface area contributed by atoms with Gasteiger partial charge < -0.3 is 15.9 Å². The molecule has 2 aromatic rings. The van der Waals surface area contributed by atoms with Gasteiger partial charge in [-0.1, -0.05) is 36.9 Å². The summed E-state index contributed by atoms with van der Waals surface area (Å²) in [5.41, 5.74) is 5.55. The number of benzene rings is 1. The molecule has 0 bridgehead atoms. The molecule has 1 heterocycles. The number of allylic oxidation sites excluding steroid dienone is 5. The second-order valence-corrected chi connectivity index (χ2v) is 7.48. The highest BCUT2D eigenvalue weighted by molar-refractivity contribution is 5.69. The minimum absolute atomic E-state index is 0.0302. The van der Waals surface area contributed by atoms with Crippen molar-refractivity contribution in [1.29, 1.82) is 0 Å². The van der Waals surface area contributed by atoms with Gasteiger partial charge in [0, 0.05) is 11.5 Å². The molecular formula is C23H21F6N3O. The lowest BCUT2D eigenvalue weighted by Gasteiger charge is -2.42. The van der Waals surface area contributed by atoms with Crippen LogP contribution in [0.5, 0.6) is 0 Å². The number of alkyl halides is 6. The van der Waals surface area contributed by atoms with Gasteiger partial charge in [0.05, 0.1) is 11.4 Å². The van der Waals surface area contributed by atoms with Crippen LogP contribution in [0.4, 0.5) is 37.7 Å². The third kappa shape index (κ3) is 4.05. The molecule has 33 heavy (non-hydrogen) atoms. The first-order valence-corrected chi connectivity index (χ1v) is 9.80. The van der Waals surface area contributed by atoms with E-state index < -0.39 is 35.7 Å². The molecule has 4 nitrogen and oxygen atoms in total. The lowest BCUT2D eigenvalue weighted by atomic mass is 9.66. The summed E-state index contributed by atoms with van der Waals surface area (Å²) in [6, 6.07) is 2.27. The van der Waals surface area contributed by atoms with Crippen molar-refractivity contribution in [2.45, 2.75) is 31.1 Å². The zero-order valence-corrected chi connectivity index (χ0v) is 17.5. The molecule has 1 aromatic heterocycles. The number of rotatable bonds is 5. The number of nitrogens with two attached hydrogens (primary N) is 2. The van der Waals surface area contributed by atoms with Gasteiger partial charge in [0.1, 0.15) is 5.35 Å². The second kappa shape index (κ2) is 8.49. The molecule has 1 atom stereocenters. The van der Waals surface area contributed by atoms with Gasteiger partial charge in [0.2, 0.25) is 5.89 Å². The third-order valence-corrected chi connectivity index (χ3v) is 5.53. The van der Waals surface area contributed by atoms with Crippen molar-refractivity contribution >= 4 is 29.1 Å². The lowest BCUT2D eigenvalue weighted by molar-refractivity contribution is -0.313. The van der Waals surface area contributed by atoms with Crippen LogP contribution in [0.15, 0.2) is 53.5 Å². The van der Waals surface area contributed by atoms with Gasteiger partial charge in [-0.15, -0.1) is 0 Å². The summed E-state index contributed by atoms with van der Waals surface area (Å²) in [6.07, 6.45) is -3.55. The molecule has 176 valence electrons. The number of anilines is 2. The molecule has 0 radical (unpaired) electrons. The molecule has 4 N–H and O–H groups in total. The maximum atomic E-state index is 14.4. The number of nitrogen functional groups attached to an aromatic ring is 2. The number of halogens is 6. The lowest BCUT2D eigenvalue weighted by Crippen LogP contribution is -2.59. The summed E-state index contributed by atoms with van der Waals surface area (Å²) in [4.78, 5) is 4.19. The van der Waals surface area contributed by atoms with Crippen molar-refractivity contribution in [2.24, 2.45) is 5.92 Å². The number of aromatic nitrogens is 1. The van der Waals surface area contributed by atoms with Gasteiger partial charge in [0.15, 0.2) is 10.8 Å². The van der Waals surface area contributed by atoms with Crippen molar-refractivity contribution in [3.05, 3.63) is 71.3 Å². The van der Waals surface area contributed by atoms with Crippen LogP contribution in [0.1, 0.15) is 24.8 Å². The van der Waals surface area contributed by atoms with E-state index in [1.807, 2.05) is 0 Å². The highest BCUT2D eigenvalue weighted by Gasteiger charge is 2.74. The Morgan fingerprint density at radius 2 is 1.79 bits per heavy atom. The summed E-state index contributed by atoms with van der Waals surface area (Å²) in [6.45, 7) is 5.39. The monoisotopic (exact) mass is 469 g/mol. The zero-order valence-electron chi connectivity index (χ0n) is 17.5. The van der Waals surface area contributed by atoms with Crippen LogP contribution >= 0.6 is 0 Å². The fourth-order valence-electron chi connectivity index (χ4n) is 3.89. The van der Waals surface area contributed by atoms with E-state index in [-0.39, 0.29) is 28.0 Å². The van der Waals surface area contributed by atoms with E-state index in [1.165, 1.54) is 12.2 Å². The molecule has 1 aliphatic rings. The molecule has 1 aliphatic carbocycles. The maximum absolute atomic E-state index is 14.4. The van der Waals surface area contributed by atoms with Gasteiger partial charge in [-0.25, -0.2) is 4.98 Å². The van der Waals surface area contributed by atoms with Crippen LogP contribution in [-0.2, 0) is 5.41 Å². The number of fused-ring (bicyclic) bond motifs is 1. The van der Waals surface area contributed by atoms with Gasteiger partial charge in [-0.2, -0.15) is 26.3 Å². The molecule has 0 aliphatic heterocycles. The highest BCUT2D eigenvalue weighted by atomic mass is 19.4. The van der Waals surface area contributed by atoms with Crippen LogP contribution in [0.25, 0.3) is 17.7 Å². The van der Waals surface area contributed by atoms with Gasteiger partial charge in [-0.05, 0) is 43.2 Å². The van der Waals surface area contributed by atoms with Crippen LogP contribution < -0.4 is 22.2 Å².